The predicted octanol–water partition coefficient (Wildman–Crippen LogP) is 4.85. The Bertz CT molecular complexity index is 1070. The average Bonchev–Trinajstić information content (AvgIpc) is 2.75. The van der Waals surface area contributed by atoms with Crippen LogP contribution in [0.5, 0.6) is 5.75 Å². The number of benzene rings is 2. The first-order chi connectivity index (χ1) is 15.5. The SMILES string of the molecule is CCOC(=O)C1=C(COc2ccc(F)cc2F)N(C)C(=O)N[C@@H]1c1ccc(C(C)(C)C)cc1. The molecule has 1 atom stereocenters. The van der Waals surface area contributed by atoms with Crippen molar-refractivity contribution in [3.05, 3.63) is 76.5 Å². The third-order valence-electron chi connectivity index (χ3n) is 5.44. The number of halogens is 2. The second-order valence-electron chi connectivity index (χ2n) is 8.76. The molecule has 33 heavy (non-hydrogen) atoms. The number of amides is 2. The topological polar surface area (TPSA) is 67.9 Å². The number of esters is 1. The lowest BCUT2D eigenvalue weighted by atomic mass is 9.85. The lowest BCUT2D eigenvalue weighted by Gasteiger charge is -2.34. The van der Waals surface area contributed by atoms with Crippen molar-refractivity contribution in [3.8, 4) is 5.75 Å². The lowest BCUT2D eigenvalue weighted by Crippen LogP contribution is -2.48. The molecule has 2 amide bonds. The van der Waals surface area contributed by atoms with Gasteiger partial charge in [0.15, 0.2) is 11.6 Å². The smallest absolute Gasteiger partial charge is 0.338 e. The number of rotatable bonds is 6. The first-order valence-electron chi connectivity index (χ1n) is 10.7. The molecule has 1 aliphatic heterocycles. The summed E-state index contributed by atoms with van der Waals surface area (Å²) >= 11 is 0. The van der Waals surface area contributed by atoms with E-state index in [0.717, 1.165) is 17.7 Å². The van der Waals surface area contributed by atoms with E-state index in [1.54, 1.807) is 6.92 Å². The largest absolute Gasteiger partial charge is 0.484 e. The van der Waals surface area contributed by atoms with Crippen LogP contribution in [0.15, 0.2) is 53.7 Å². The van der Waals surface area contributed by atoms with Crippen LogP contribution in [0.2, 0.25) is 0 Å². The van der Waals surface area contributed by atoms with Crippen molar-refractivity contribution in [2.24, 2.45) is 0 Å². The molecular formula is C25H28F2N2O4. The molecule has 0 saturated carbocycles. The molecule has 3 rings (SSSR count). The summed E-state index contributed by atoms with van der Waals surface area (Å²) in [6, 6.07) is 9.30. The maximum atomic E-state index is 14.1. The van der Waals surface area contributed by atoms with Gasteiger partial charge >= 0.3 is 12.0 Å². The van der Waals surface area contributed by atoms with Gasteiger partial charge in [-0.2, -0.15) is 0 Å². The van der Waals surface area contributed by atoms with Crippen molar-refractivity contribution >= 4 is 12.0 Å². The van der Waals surface area contributed by atoms with Gasteiger partial charge in [-0.05, 0) is 35.6 Å². The highest BCUT2D eigenvalue weighted by molar-refractivity contribution is 5.95. The van der Waals surface area contributed by atoms with Gasteiger partial charge in [0.05, 0.1) is 23.9 Å². The number of urea groups is 1. The van der Waals surface area contributed by atoms with Gasteiger partial charge in [0.25, 0.3) is 0 Å². The highest BCUT2D eigenvalue weighted by atomic mass is 19.1. The van der Waals surface area contributed by atoms with Crippen molar-refractivity contribution in [2.75, 3.05) is 20.3 Å². The molecule has 0 radical (unpaired) electrons. The number of hydrogen-bond acceptors (Lipinski definition) is 4. The molecule has 0 saturated heterocycles. The van der Waals surface area contributed by atoms with Gasteiger partial charge in [-0.15, -0.1) is 0 Å². The van der Waals surface area contributed by atoms with Crippen LogP contribution in [0.4, 0.5) is 13.6 Å². The fourth-order valence-electron chi connectivity index (χ4n) is 3.55. The molecule has 0 spiro atoms. The van der Waals surface area contributed by atoms with Crippen LogP contribution in [0, 0.1) is 11.6 Å². The third-order valence-corrected chi connectivity index (χ3v) is 5.44. The Morgan fingerprint density at radius 3 is 2.36 bits per heavy atom. The van der Waals surface area contributed by atoms with Crippen LogP contribution in [0.25, 0.3) is 0 Å². The predicted molar refractivity (Wildman–Crippen MR) is 120 cm³/mol. The molecule has 0 aliphatic carbocycles. The van der Waals surface area contributed by atoms with Gasteiger partial charge in [-0.25, -0.2) is 18.4 Å². The summed E-state index contributed by atoms with van der Waals surface area (Å²) in [6.45, 7) is 7.79. The van der Waals surface area contributed by atoms with E-state index in [1.807, 2.05) is 24.3 Å². The number of hydrogen-bond donors (Lipinski definition) is 1. The molecule has 8 heteroatoms. The molecule has 176 valence electrons. The second-order valence-corrected chi connectivity index (χ2v) is 8.76. The third kappa shape index (κ3) is 5.32. The van der Waals surface area contributed by atoms with E-state index in [9.17, 15) is 18.4 Å². The fourth-order valence-corrected chi connectivity index (χ4v) is 3.55. The van der Waals surface area contributed by atoms with Gasteiger partial charge < -0.3 is 14.8 Å². The zero-order valence-corrected chi connectivity index (χ0v) is 19.4. The highest BCUT2D eigenvalue weighted by Crippen LogP contribution is 2.33. The van der Waals surface area contributed by atoms with E-state index < -0.39 is 29.7 Å². The Hall–Kier alpha value is -3.42. The molecule has 0 fully saturated rings. The minimum atomic E-state index is -0.884. The van der Waals surface area contributed by atoms with E-state index in [1.165, 1.54) is 11.9 Å². The number of ether oxygens (including phenoxy) is 2. The van der Waals surface area contributed by atoms with Crippen LogP contribution in [0.3, 0.4) is 0 Å². The molecule has 1 aliphatic rings. The number of carbonyl (C=O) groups is 2. The van der Waals surface area contributed by atoms with Crippen molar-refractivity contribution in [1.82, 2.24) is 10.2 Å². The summed E-state index contributed by atoms with van der Waals surface area (Å²) in [4.78, 5) is 26.9. The van der Waals surface area contributed by atoms with Crippen LogP contribution in [-0.2, 0) is 14.9 Å². The molecule has 0 unspecified atom stereocenters. The van der Waals surface area contributed by atoms with Gasteiger partial charge in [-0.3, -0.25) is 4.90 Å². The lowest BCUT2D eigenvalue weighted by molar-refractivity contribution is -0.139. The zero-order valence-electron chi connectivity index (χ0n) is 19.4. The van der Waals surface area contributed by atoms with Gasteiger partial charge in [-0.1, -0.05) is 45.0 Å². The zero-order chi connectivity index (χ0) is 24.3. The number of nitrogens with one attached hydrogen (secondary N) is 1. The summed E-state index contributed by atoms with van der Waals surface area (Å²) in [5.74, 6) is -2.44. The Kier molecular flexibility index (Phi) is 7.05. The number of nitrogens with zero attached hydrogens (tertiary/aromatic N) is 1. The fraction of sp³-hybridized carbons (Fsp3) is 0.360. The van der Waals surface area contributed by atoms with E-state index in [-0.39, 0.29) is 35.6 Å². The average molecular weight is 459 g/mol. The second kappa shape index (κ2) is 9.60. The quantitative estimate of drug-likeness (QED) is 0.628. The molecule has 0 aromatic heterocycles. The number of likely N-dealkylation sites (N-methyl/N-ethyl adjacent to an activating group) is 1. The Morgan fingerprint density at radius 1 is 1.12 bits per heavy atom. The summed E-state index contributed by atoms with van der Waals surface area (Å²) in [5, 5.41) is 2.83. The molecule has 1 N–H and O–H groups in total. The van der Waals surface area contributed by atoms with Crippen molar-refractivity contribution in [2.45, 2.75) is 39.2 Å². The summed E-state index contributed by atoms with van der Waals surface area (Å²) < 4.78 is 38.1. The Morgan fingerprint density at radius 2 is 1.79 bits per heavy atom. The van der Waals surface area contributed by atoms with Gasteiger partial charge in [0.2, 0.25) is 0 Å². The maximum absolute atomic E-state index is 14.1. The Balaban J connectivity index is 2.03. The molecule has 6 nitrogen and oxygen atoms in total. The van der Waals surface area contributed by atoms with Crippen molar-refractivity contribution < 1.29 is 27.8 Å². The minimum Gasteiger partial charge on any atom is -0.484 e. The van der Waals surface area contributed by atoms with Gasteiger partial charge in [0, 0.05) is 13.1 Å². The van der Waals surface area contributed by atoms with Crippen molar-refractivity contribution in [1.29, 1.82) is 0 Å². The van der Waals surface area contributed by atoms with E-state index in [0.29, 0.717) is 11.6 Å². The van der Waals surface area contributed by atoms with E-state index >= 15 is 0 Å². The normalized spacial score (nSPS) is 16.5. The number of carbonyl (C=O) groups excluding carboxylic acids is 2. The monoisotopic (exact) mass is 458 g/mol. The van der Waals surface area contributed by atoms with Crippen molar-refractivity contribution in [3.63, 3.8) is 0 Å². The molecule has 2 aromatic carbocycles. The Labute approximate surface area is 192 Å². The molecule has 2 aromatic rings. The minimum absolute atomic E-state index is 0.0629. The highest BCUT2D eigenvalue weighted by Gasteiger charge is 2.37. The van der Waals surface area contributed by atoms with Crippen LogP contribution >= 0.6 is 0 Å². The summed E-state index contributed by atoms with van der Waals surface area (Å²) in [5.41, 5.74) is 2.14. The summed E-state index contributed by atoms with van der Waals surface area (Å²) in [6.07, 6.45) is 0. The molecular weight excluding hydrogens is 430 g/mol. The van der Waals surface area contributed by atoms with Gasteiger partial charge in [0.1, 0.15) is 12.4 Å². The molecule has 1 heterocycles. The maximum Gasteiger partial charge on any atom is 0.338 e. The van der Waals surface area contributed by atoms with Crippen LogP contribution in [-0.4, -0.2) is 37.2 Å². The first kappa shape index (κ1) is 24.2. The van der Waals surface area contributed by atoms with E-state index in [2.05, 4.69) is 26.1 Å². The standard InChI is InChI=1S/C25H28F2N2O4/c1-6-32-23(30)21-19(14-33-20-12-11-17(26)13-18(20)27)29(5)24(31)28-22(21)15-7-9-16(10-8-15)25(2,3)4/h7-13,22H,6,14H2,1-5H3,(H,28,31)/t22-/m1/s1. The van der Waals surface area contributed by atoms with Crippen LogP contribution < -0.4 is 10.1 Å². The van der Waals surface area contributed by atoms with E-state index in [4.69, 9.17) is 9.47 Å². The van der Waals surface area contributed by atoms with Crippen LogP contribution in [0.1, 0.15) is 44.9 Å². The first-order valence-corrected chi connectivity index (χ1v) is 10.7. The summed E-state index contributed by atoms with van der Waals surface area (Å²) in [7, 11) is 1.48. The molecule has 0 bridgehead atoms.